The van der Waals surface area contributed by atoms with E-state index in [4.69, 9.17) is 4.74 Å². The summed E-state index contributed by atoms with van der Waals surface area (Å²) in [7, 11) is 0. The van der Waals surface area contributed by atoms with Crippen LogP contribution >= 0.6 is 0 Å². The first kappa shape index (κ1) is 11.5. The minimum absolute atomic E-state index is 0.655. The van der Waals surface area contributed by atoms with E-state index in [0.717, 1.165) is 5.75 Å². The lowest BCUT2D eigenvalue weighted by atomic mass is 9.93. The van der Waals surface area contributed by atoms with Gasteiger partial charge in [0.1, 0.15) is 0 Å². The standard InChI is InChI=1S/C16H20NO/c1-8-10(3)14-11(4)9(2)13(6)17-7-18-16(12(8)5)15(14)17/h7H2,1-6H3/q+1. The average Bonchev–Trinajstić information content (AvgIpc) is 2.78. The van der Waals surface area contributed by atoms with Crippen LogP contribution in [-0.4, -0.2) is 0 Å². The van der Waals surface area contributed by atoms with Gasteiger partial charge in [-0.3, -0.25) is 0 Å². The number of benzene rings is 1. The first-order valence-electron chi connectivity index (χ1n) is 6.51. The first-order chi connectivity index (χ1) is 8.45. The van der Waals surface area contributed by atoms with Gasteiger partial charge in [-0.1, -0.05) is 0 Å². The van der Waals surface area contributed by atoms with Crippen LogP contribution in [0.25, 0.3) is 10.9 Å². The molecule has 0 unspecified atom stereocenters. The topological polar surface area (TPSA) is 13.1 Å². The Morgan fingerprint density at radius 1 is 0.778 bits per heavy atom. The largest absolute Gasteiger partial charge is 0.429 e. The van der Waals surface area contributed by atoms with Crippen LogP contribution in [0.2, 0.25) is 0 Å². The van der Waals surface area contributed by atoms with E-state index in [1.54, 1.807) is 0 Å². The SMILES string of the molecule is Cc1c(C)c2c3c(c1C)c(C)c(C)c(C)[n+]3CO2. The maximum absolute atomic E-state index is 5.93. The fourth-order valence-electron chi connectivity index (χ4n) is 3.12. The molecule has 1 aliphatic rings. The number of hydrogen-bond acceptors (Lipinski definition) is 1. The molecule has 2 nitrogen and oxygen atoms in total. The maximum atomic E-state index is 5.93. The van der Waals surface area contributed by atoms with Gasteiger partial charge < -0.3 is 4.74 Å². The summed E-state index contributed by atoms with van der Waals surface area (Å²) in [4.78, 5) is 0. The monoisotopic (exact) mass is 242 g/mol. The first-order valence-corrected chi connectivity index (χ1v) is 6.51. The van der Waals surface area contributed by atoms with Crippen LogP contribution in [0.3, 0.4) is 0 Å². The van der Waals surface area contributed by atoms with Crippen LogP contribution in [0.5, 0.6) is 5.75 Å². The second-order valence-corrected chi connectivity index (χ2v) is 5.46. The van der Waals surface area contributed by atoms with Crippen molar-refractivity contribution in [1.82, 2.24) is 0 Å². The zero-order chi connectivity index (χ0) is 13.2. The Labute approximate surface area is 108 Å². The van der Waals surface area contributed by atoms with Crippen LogP contribution in [-0.2, 0) is 6.73 Å². The summed E-state index contributed by atoms with van der Waals surface area (Å²) in [6.45, 7) is 13.9. The Balaban J connectivity index is 2.67. The van der Waals surface area contributed by atoms with Crippen LogP contribution < -0.4 is 9.30 Å². The van der Waals surface area contributed by atoms with Gasteiger partial charge in [-0.2, -0.15) is 4.57 Å². The Morgan fingerprint density at radius 3 is 2.06 bits per heavy atom. The molecule has 0 spiro atoms. The average molecular weight is 242 g/mol. The van der Waals surface area contributed by atoms with Crippen LogP contribution in [0.15, 0.2) is 0 Å². The highest BCUT2D eigenvalue weighted by Gasteiger charge is 2.32. The van der Waals surface area contributed by atoms with E-state index < -0.39 is 0 Å². The molecule has 18 heavy (non-hydrogen) atoms. The summed E-state index contributed by atoms with van der Waals surface area (Å²) in [6, 6.07) is 0. The van der Waals surface area contributed by atoms with Crippen molar-refractivity contribution < 1.29 is 9.30 Å². The number of hydrogen-bond donors (Lipinski definition) is 0. The lowest BCUT2D eigenvalue weighted by molar-refractivity contribution is -0.694. The van der Waals surface area contributed by atoms with Crippen molar-refractivity contribution in [1.29, 1.82) is 0 Å². The molecule has 1 aromatic carbocycles. The number of aryl methyl sites for hydroxylation is 2. The van der Waals surface area contributed by atoms with Crippen molar-refractivity contribution in [3.05, 3.63) is 33.5 Å². The summed E-state index contributed by atoms with van der Waals surface area (Å²) in [5.74, 6) is 1.08. The summed E-state index contributed by atoms with van der Waals surface area (Å²) in [5.41, 5.74) is 9.42. The summed E-state index contributed by atoms with van der Waals surface area (Å²) in [6.07, 6.45) is 0. The number of rotatable bonds is 0. The number of ether oxygens (including phenoxy) is 1. The Hall–Kier alpha value is -1.57. The van der Waals surface area contributed by atoms with E-state index in [9.17, 15) is 0 Å². The van der Waals surface area contributed by atoms with Crippen molar-refractivity contribution >= 4 is 10.9 Å². The zero-order valence-corrected chi connectivity index (χ0v) is 12.1. The van der Waals surface area contributed by atoms with Crippen LogP contribution in [0.4, 0.5) is 0 Å². The highest BCUT2D eigenvalue weighted by atomic mass is 16.5. The van der Waals surface area contributed by atoms with Gasteiger partial charge in [-0.25, -0.2) is 0 Å². The number of pyridine rings is 1. The van der Waals surface area contributed by atoms with E-state index in [1.165, 1.54) is 44.4 Å². The lowest BCUT2D eigenvalue weighted by Gasteiger charge is -2.12. The maximum Gasteiger partial charge on any atom is 0.293 e. The Bertz CT molecular complexity index is 642. The Morgan fingerprint density at radius 2 is 1.39 bits per heavy atom. The zero-order valence-electron chi connectivity index (χ0n) is 12.1. The molecule has 0 radical (unpaired) electrons. The predicted octanol–water partition coefficient (Wildman–Crippen LogP) is 3.33. The van der Waals surface area contributed by atoms with Gasteiger partial charge >= 0.3 is 0 Å². The van der Waals surface area contributed by atoms with E-state index in [-0.39, 0.29) is 0 Å². The molecule has 0 fully saturated rings. The van der Waals surface area contributed by atoms with Crippen LogP contribution in [0.1, 0.15) is 33.5 Å². The summed E-state index contributed by atoms with van der Waals surface area (Å²) in [5, 5.41) is 1.38. The van der Waals surface area contributed by atoms with Gasteiger partial charge in [0, 0.05) is 18.1 Å². The minimum atomic E-state index is 0.655. The number of nitrogens with zero attached hydrogens (tertiary/aromatic N) is 1. The molecule has 0 bridgehead atoms. The third-order valence-corrected chi connectivity index (χ3v) is 4.79. The molecule has 0 amide bonds. The summed E-state index contributed by atoms with van der Waals surface area (Å²) < 4.78 is 8.25. The minimum Gasteiger partial charge on any atom is -0.429 e. The molecule has 3 rings (SSSR count). The second-order valence-electron chi connectivity index (χ2n) is 5.46. The fraction of sp³-hybridized carbons (Fsp3) is 0.438. The molecule has 0 saturated heterocycles. The molecule has 1 aromatic heterocycles. The third-order valence-electron chi connectivity index (χ3n) is 4.79. The van der Waals surface area contributed by atoms with Gasteiger partial charge in [0.15, 0.2) is 5.69 Å². The molecule has 2 aromatic rings. The molecular formula is C16H20NO+. The van der Waals surface area contributed by atoms with E-state index in [1.807, 2.05) is 0 Å². The normalized spacial score (nSPS) is 13.2. The Kier molecular flexibility index (Phi) is 2.22. The molecule has 2 heteroatoms. The summed E-state index contributed by atoms with van der Waals surface area (Å²) >= 11 is 0. The van der Waals surface area contributed by atoms with Crippen molar-refractivity contribution in [3.8, 4) is 5.75 Å². The molecule has 1 aliphatic heterocycles. The molecule has 0 saturated carbocycles. The molecule has 2 heterocycles. The van der Waals surface area contributed by atoms with Gasteiger partial charge in [-0.15, -0.1) is 0 Å². The smallest absolute Gasteiger partial charge is 0.293 e. The van der Waals surface area contributed by atoms with Gasteiger partial charge in [-0.05, 0) is 51.3 Å². The highest BCUT2D eigenvalue weighted by molar-refractivity contribution is 5.91. The number of aromatic nitrogens is 1. The van der Waals surface area contributed by atoms with Gasteiger partial charge in [0.2, 0.25) is 5.75 Å². The second kappa shape index (κ2) is 3.47. The van der Waals surface area contributed by atoms with E-state index in [2.05, 4.69) is 46.1 Å². The van der Waals surface area contributed by atoms with Gasteiger partial charge in [0.05, 0.1) is 5.39 Å². The molecular weight excluding hydrogens is 222 g/mol. The highest BCUT2D eigenvalue weighted by Crippen LogP contribution is 2.38. The predicted molar refractivity (Wildman–Crippen MR) is 73.2 cm³/mol. The van der Waals surface area contributed by atoms with Crippen molar-refractivity contribution in [2.24, 2.45) is 0 Å². The lowest BCUT2D eigenvalue weighted by Crippen LogP contribution is -2.37. The van der Waals surface area contributed by atoms with E-state index in [0.29, 0.717) is 6.73 Å². The molecule has 94 valence electrons. The van der Waals surface area contributed by atoms with Crippen molar-refractivity contribution in [2.75, 3.05) is 0 Å². The van der Waals surface area contributed by atoms with Crippen LogP contribution in [0, 0.1) is 41.5 Å². The third kappa shape index (κ3) is 1.16. The fourth-order valence-corrected chi connectivity index (χ4v) is 3.12. The molecule has 0 atom stereocenters. The van der Waals surface area contributed by atoms with Gasteiger partial charge in [0.25, 0.3) is 12.2 Å². The van der Waals surface area contributed by atoms with Crippen molar-refractivity contribution in [2.45, 2.75) is 48.3 Å². The molecule has 0 N–H and O–H groups in total. The molecule has 0 aliphatic carbocycles. The van der Waals surface area contributed by atoms with E-state index >= 15 is 0 Å². The van der Waals surface area contributed by atoms with Crippen molar-refractivity contribution in [3.63, 3.8) is 0 Å². The quantitative estimate of drug-likeness (QED) is 0.646.